The third-order valence-corrected chi connectivity index (χ3v) is 5.27. The number of hydrogen-bond donors (Lipinski definition) is 0. The van der Waals surface area contributed by atoms with Gasteiger partial charge in [-0.3, -0.25) is 9.69 Å². The number of rotatable bonds is 5. The van der Waals surface area contributed by atoms with Crippen LogP contribution in [0.4, 0.5) is 5.69 Å². The summed E-state index contributed by atoms with van der Waals surface area (Å²) in [5.41, 5.74) is 2.78. The first-order chi connectivity index (χ1) is 14.5. The number of halogens is 2. The highest BCUT2D eigenvalue weighted by molar-refractivity contribution is 9.10. The maximum absolute atomic E-state index is 13.3. The minimum Gasteiger partial charge on any atom is -0.494 e. The Morgan fingerprint density at radius 2 is 1.80 bits per heavy atom. The molecule has 1 aliphatic rings. The van der Waals surface area contributed by atoms with Gasteiger partial charge < -0.3 is 4.74 Å². The van der Waals surface area contributed by atoms with Gasteiger partial charge in [0.25, 0.3) is 5.91 Å². The van der Waals surface area contributed by atoms with Crippen LogP contribution in [0.1, 0.15) is 18.1 Å². The molecule has 1 aliphatic heterocycles. The Morgan fingerprint density at radius 1 is 1.07 bits per heavy atom. The molecule has 0 saturated carbocycles. The Bertz CT molecular complexity index is 1140. The van der Waals surface area contributed by atoms with E-state index < -0.39 is 0 Å². The van der Waals surface area contributed by atoms with Crippen molar-refractivity contribution in [2.24, 2.45) is 4.99 Å². The standard InChI is InChI=1S/C24H18BrClN2O2/c1-2-30-21-12-10-20(11-13-21)28-23(17-6-8-19(26)9-7-17)27-22(24(28)29)15-16-4-3-5-18(25)14-16/h3-15H,2H2,1H3/b22-15+. The van der Waals surface area contributed by atoms with Gasteiger partial charge in [-0.15, -0.1) is 0 Å². The predicted molar refractivity (Wildman–Crippen MR) is 125 cm³/mol. The number of amides is 1. The van der Waals surface area contributed by atoms with Gasteiger partial charge >= 0.3 is 0 Å². The molecule has 0 aromatic heterocycles. The van der Waals surface area contributed by atoms with Crippen molar-refractivity contribution in [1.82, 2.24) is 0 Å². The highest BCUT2D eigenvalue weighted by atomic mass is 79.9. The first kappa shape index (κ1) is 20.4. The van der Waals surface area contributed by atoms with Crippen molar-refractivity contribution in [3.05, 3.63) is 99.1 Å². The number of ether oxygens (including phenoxy) is 1. The number of benzene rings is 3. The highest BCUT2D eigenvalue weighted by Crippen LogP contribution is 2.30. The summed E-state index contributed by atoms with van der Waals surface area (Å²) in [6.07, 6.45) is 1.79. The first-order valence-electron chi connectivity index (χ1n) is 9.44. The van der Waals surface area contributed by atoms with Crippen LogP contribution in [0.3, 0.4) is 0 Å². The van der Waals surface area contributed by atoms with Crippen LogP contribution in [0.25, 0.3) is 6.08 Å². The fourth-order valence-electron chi connectivity index (χ4n) is 3.16. The molecule has 0 radical (unpaired) electrons. The molecule has 0 aliphatic carbocycles. The quantitative estimate of drug-likeness (QED) is 0.399. The molecule has 0 unspecified atom stereocenters. The lowest BCUT2D eigenvalue weighted by atomic mass is 10.1. The minimum atomic E-state index is -0.191. The molecule has 0 fully saturated rings. The van der Waals surface area contributed by atoms with Crippen molar-refractivity contribution in [1.29, 1.82) is 0 Å². The Hall–Kier alpha value is -2.89. The molecule has 0 spiro atoms. The third-order valence-electron chi connectivity index (χ3n) is 4.52. The summed E-state index contributed by atoms with van der Waals surface area (Å²) in [5, 5.41) is 0.626. The smallest absolute Gasteiger partial charge is 0.282 e. The number of aliphatic imine (C=N–C) groups is 1. The molecule has 6 heteroatoms. The summed E-state index contributed by atoms with van der Waals surface area (Å²) in [5.74, 6) is 1.12. The average molecular weight is 482 g/mol. The van der Waals surface area contributed by atoms with Crippen LogP contribution in [0.2, 0.25) is 5.02 Å². The van der Waals surface area contributed by atoms with E-state index in [-0.39, 0.29) is 5.91 Å². The number of amidine groups is 1. The summed E-state index contributed by atoms with van der Waals surface area (Å²) in [6, 6.07) is 22.4. The summed E-state index contributed by atoms with van der Waals surface area (Å²) < 4.78 is 6.46. The van der Waals surface area contributed by atoms with E-state index in [0.29, 0.717) is 23.2 Å². The van der Waals surface area contributed by atoms with Crippen LogP contribution in [-0.2, 0) is 4.79 Å². The van der Waals surface area contributed by atoms with Gasteiger partial charge in [0, 0.05) is 15.1 Å². The fourth-order valence-corrected chi connectivity index (χ4v) is 3.70. The molecule has 1 heterocycles. The lowest BCUT2D eigenvalue weighted by Gasteiger charge is -2.19. The Morgan fingerprint density at radius 3 is 2.47 bits per heavy atom. The van der Waals surface area contributed by atoms with Crippen molar-refractivity contribution in [2.75, 3.05) is 11.5 Å². The monoisotopic (exact) mass is 480 g/mol. The maximum atomic E-state index is 13.3. The minimum absolute atomic E-state index is 0.191. The van der Waals surface area contributed by atoms with Crippen molar-refractivity contribution in [3.63, 3.8) is 0 Å². The van der Waals surface area contributed by atoms with Gasteiger partial charge in [0.2, 0.25) is 0 Å². The molecule has 0 atom stereocenters. The van der Waals surface area contributed by atoms with Crippen LogP contribution in [0, 0.1) is 0 Å². The fraction of sp³-hybridized carbons (Fsp3) is 0.0833. The van der Waals surface area contributed by atoms with E-state index in [9.17, 15) is 4.79 Å². The number of carbonyl (C=O) groups excluding carboxylic acids is 1. The van der Waals surface area contributed by atoms with E-state index in [1.807, 2.05) is 67.6 Å². The van der Waals surface area contributed by atoms with Crippen LogP contribution < -0.4 is 9.64 Å². The average Bonchev–Trinajstić information content (AvgIpc) is 3.05. The Labute approximate surface area is 188 Å². The van der Waals surface area contributed by atoms with Crippen LogP contribution >= 0.6 is 27.5 Å². The second-order valence-corrected chi connectivity index (χ2v) is 7.95. The van der Waals surface area contributed by atoms with E-state index in [2.05, 4.69) is 20.9 Å². The van der Waals surface area contributed by atoms with Gasteiger partial charge in [-0.05, 0) is 79.2 Å². The normalized spacial score (nSPS) is 14.9. The zero-order valence-electron chi connectivity index (χ0n) is 16.2. The van der Waals surface area contributed by atoms with Gasteiger partial charge in [-0.2, -0.15) is 0 Å². The van der Waals surface area contributed by atoms with Crippen molar-refractivity contribution in [2.45, 2.75) is 6.92 Å². The summed E-state index contributed by atoms with van der Waals surface area (Å²) in [7, 11) is 0. The van der Waals surface area contributed by atoms with Crippen LogP contribution in [-0.4, -0.2) is 18.3 Å². The SMILES string of the molecule is CCOc1ccc(N2C(=O)/C(=C\c3cccc(Br)c3)N=C2c2ccc(Cl)cc2)cc1. The lowest BCUT2D eigenvalue weighted by Crippen LogP contribution is -2.32. The van der Waals surface area contributed by atoms with E-state index in [4.69, 9.17) is 16.3 Å². The maximum Gasteiger partial charge on any atom is 0.282 e. The largest absolute Gasteiger partial charge is 0.494 e. The molecule has 150 valence electrons. The second-order valence-electron chi connectivity index (χ2n) is 6.59. The van der Waals surface area contributed by atoms with Crippen molar-refractivity contribution in [3.8, 4) is 5.75 Å². The van der Waals surface area contributed by atoms with Gasteiger partial charge in [-0.1, -0.05) is 39.7 Å². The number of anilines is 1. The molecular formula is C24H18BrClN2O2. The summed E-state index contributed by atoms with van der Waals surface area (Å²) in [4.78, 5) is 19.6. The molecule has 4 rings (SSSR count). The second kappa shape index (κ2) is 8.86. The Balaban J connectivity index is 1.78. The van der Waals surface area contributed by atoms with Gasteiger partial charge in [-0.25, -0.2) is 4.99 Å². The first-order valence-corrected chi connectivity index (χ1v) is 10.6. The molecule has 1 amide bonds. The lowest BCUT2D eigenvalue weighted by molar-refractivity contribution is -0.113. The third kappa shape index (κ3) is 4.32. The molecule has 0 N–H and O–H groups in total. The van der Waals surface area contributed by atoms with Crippen LogP contribution in [0.5, 0.6) is 5.75 Å². The molecule has 3 aromatic rings. The molecule has 0 bridgehead atoms. The summed E-state index contributed by atoms with van der Waals surface area (Å²) >= 11 is 9.51. The molecular weight excluding hydrogens is 464 g/mol. The topological polar surface area (TPSA) is 41.9 Å². The number of hydrogen-bond acceptors (Lipinski definition) is 3. The number of carbonyl (C=O) groups is 1. The van der Waals surface area contributed by atoms with Gasteiger partial charge in [0.1, 0.15) is 17.3 Å². The molecule has 3 aromatic carbocycles. The van der Waals surface area contributed by atoms with E-state index in [1.54, 1.807) is 23.1 Å². The van der Waals surface area contributed by atoms with Gasteiger partial charge in [0.05, 0.1) is 12.3 Å². The van der Waals surface area contributed by atoms with E-state index in [1.165, 1.54) is 0 Å². The van der Waals surface area contributed by atoms with Crippen LogP contribution in [0.15, 0.2) is 88.0 Å². The molecule has 0 saturated heterocycles. The Kier molecular flexibility index (Phi) is 6.02. The van der Waals surface area contributed by atoms with E-state index >= 15 is 0 Å². The predicted octanol–water partition coefficient (Wildman–Crippen LogP) is 6.34. The van der Waals surface area contributed by atoms with Crippen molar-refractivity contribution >= 4 is 51.0 Å². The van der Waals surface area contributed by atoms with E-state index in [0.717, 1.165) is 27.0 Å². The number of nitrogens with zero attached hydrogens (tertiary/aromatic N) is 2. The molecule has 30 heavy (non-hydrogen) atoms. The molecule has 4 nitrogen and oxygen atoms in total. The summed E-state index contributed by atoms with van der Waals surface area (Å²) in [6.45, 7) is 2.52. The van der Waals surface area contributed by atoms with Crippen molar-refractivity contribution < 1.29 is 9.53 Å². The zero-order valence-corrected chi connectivity index (χ0v) is 18.5. The highest BCUT2D eigenvalue weighted by Gasteiger charge is 2.32. The van der Waals surface area contributed by atoms with Gasteiger partial charge in [0.15, 0.2) is 0 Å². The zero-order chi connectivity index (χ0) is 21.1.